The fourth-order valence-corrected chi connectivity index (χ4v) is 14.3. The zero-order valence-electron chi connectivity index (χ0n) is 43.0. The van der Waals surface area contributed by atoms with Crippen molar-refractivity contribution in [2.24, 2.45) is 0 Å². The summed E-state index contributed by atoms with van der Waals surface area (Å²) in [5, 5.41) is 12.6. The summed E-state index contributed by atoms with van der Waals surface area (Å²) in [5.41, 5.74) is 21.1. The van der Waals surface area contributed by atoms with E-state index in [1.807, 2.05) is 11.3 Å². The molecule has 0 atom stereocenters. The molecule has 0 saturated heterocycles. The van der Waals surface area contributed by atoms with Crippen LogP contribution in [-0.4, -0.2) is 11.8 Å². The van der Waals surface area contributed by atoms with Crippen molar-refractivity contribution in [1.82, 2.24) is 4.57 Å². The number of thiophene rings is 1. The Morgan fingerprint density at radius 3 is 1.97 bits per heavy atom. The number of aromatic nitrogens is 1. The molecule has 13 aromatic rings. The summed E-state index contributed by atoms with van der Waals surface area (Å²) in [5.74, 6) is 0.895. The van der Waals surface area contributed by atoms with Crippen LogP contribution in [0, 0.1) is 0 Å². The number of benzene rings is 9. The van der Waals surface area contributed by atoms with Gasteiger partial charge in [0.05, 0.1) is 16.7 Å². The van der Waals surface area contributed by atoms with E-state index in [4.69, 9.17) is 8.83 Å². The number of rotatable bonds is 5. The second kappa shape index (κ2) is 15.4. The van der Waals surface area contributed by atoms with E-state index in [9.17, 15) is 0 Å². The summed E-state index contributed by atoms with van der Waals surface area (Å²) >= 11 is 1.95. The molecule has 6 heteroatoms. The molecule has 0 bridgehead atoms. The van der Waals surface area contributed by atoms with E-state index in [2.05, 4.69) is 228 Å². The summed E-state index contributed by atoms with van der Waals surface area (Å²) in [7, 11) is 0.718. The van der Waals surface area contributed by atoms with Crippen LogP contribution < -0.4 is 16.2 Å². The van der Waals surface area contributed by atoms with Crippen LogP contribution in [0.1, 0.15) is 78.0 Å². The van der Waals surface area contributed by atoms with Crippen LogP contribution in [0.5, 0.6) is 0 Å². The molecule has 0 fully saturated rings. The molecule has 0 amide bonds. The van der Waals surface area contributed by atoms with Gasteiger partial charge in [-0.15, -0.1) is 11.3 Å². The minimum atomic E-state index is 0.0161. The lowest BCUT2D eigenvalue weighted by molar-refractivity contribution is 0.332. The van der Waals surface area contributed by atoms with Crippen LogP contribution in [-0.2, 0) is 16.2 Å². The average molecular weight is 975 g/mol. The Kier molecular flexibility index (Phi) is 9.09. The highest BCUT2D eigenvalue weighted by atomic mass is 32.1. The van der Waals surface area contributed by atoms with Crippen LogP contribution in [0.15, 0.2) is 179 Å². The molecule has 0 unspecified atom stereocenters. The van der Waals surface area contributed by atoms with Crippen LogP contribution in [0.3, 0.4) is 0 Å². The Labute approximate surface area is 435 Å². The minimum absolute atomic E-state index is 0.0161. The molecule has 358 valence electrons. The minimum Gasteiger partial charge on any atom is -0.456 e. The third-order valence-electron chi connectivity index (χ3n) is 17.0. The van der Waals surface area contributed by atoms with Crippen molar-refractivity contribution in [3.8, 4) is 39.3 Å². The maximum absolute atomic E-state index is 7.16. The SMILES string of the molecule is CC(C)(C)c1ccc(Nc2cc3oc4ccccc4c3cc2-c2c3c4c(c5cc6c(cc5n4-c4cc5c(-c7ccccc7)c(-c7ccccc7)oc5cc4B3)C(C)(C)CCC6(C)C)c3sc4ccccc4c23)cc1. The van der Waals surface area contributed by atoms with E-state index in [0.717, 1.165) is 92.4 Å². The van der Waals surface area contributed by atoms with Crippen LogP contribution >= 0.6 is 11.3 Å². The number of nitrogens with one attached hydrogen (secondary N) is 1. The molecular weight excluding hydrogens is 920 g/mol. The molecule has 0 saturated carbocycles. The average Bonchev–Trinajstić information content (AvgIpc) is 4.32. The number of nitrogens with zero attached hydrogens (tertiary/aromatic N) is 1. The summed E-state index contributed by atoms with van der Waals surface area (Å²) < 4.78 is 19.2. The Hall–Kier alpha value is -7.80. The molecule has 74 heavy (non-hydrogen) atoms. The predicted molar refractivity (Wildman–Crippen MR) is 317 cm³/mol. The van der Waals surface area contributed by atoms with Gasteiger partial charge >= 0.3 is 0 Å². The lowest BCUT2D eigenvalue weighted by Gasteiger charge is -2.42. The zero-order valence-corrected chi connectivity index (χ0v) is 43.8. The van der Waals surface area contributed by atoms with Gasteiger partial charge in [-0.3, -0.25) is 0 Å². The lowest BCUT2D eigenvalue weighted by Crippen LogP contribution is -2.37. The number of anilines is 2. The van der Waals surface area contributed by atoms with Crippen LogP contribution in [0.2, 0.25) is 0 Å². The quantitative estimate of drug-likeness (QED) is 0.175. The van der Waals surface area contributed by atoms with E-state index < -0.39 is 0 Å². The monoisotopic (exact) mass is 974 g/mol. The molecule has 0 spiro atoms. The smallest absolute Gasteiger partial charge is 0.198 e. The highest BCUT2D eigenvalue weighted by molar-refractivity contribution is 7.27. The van der Waals surface area contributed by atoms with E-state index in [1.165, 1.54) is 80.8 Å². The van der Waals surface area contributed by atoms with Crippen molar-refractivity contribution in [2.45, 2.75) is 77.6 Å². The zero-order chi connectivity index (χ0) is 50.0. The summed E-state index contributed by atoms with van der Waals surface area (Å²) in [6.07, 6.45) is 2.29. The third kappa shape index (κ3) is 6.34. The first-order chi connectivity index (χ1) is 35.8. The fraction of sp³-hybridized carbons (Fsp3) is 0.176. The first-order valence-electron chi connectivity index (χ1n) is 26.3. The molecular formula is C68H55BN2O2S. The lowest BCUT2D eigenvalue weighted by atomic mass is 9.58. The van der Waals surface area contributed by atoms with Gasteiger partial charge in [0.25, 0.3) is 0 Å². The maximum Gasteiger partial charge on any atom is 0.198 e. The molecule has 9 aromatic carbocycles. The van der Waals surface area contributed by atoms with Gasteiger partial charge in [-0.05, 0) is 117 Å². The highest BCUT2D eigenvalue weighted by Gasteiger charge is 2.40. The van der Waals surface area contributed by atoms with Gasteiger partial charge in [0.2, 0.25) is 0 Å². The Morgan fingerprint density at radius 2 is 1.23 bits per heavy atom. The van der Waals surface area contributed by atoms with E-state index in [1.54, 1.807) is 0 Å². The van der Waals surface area contributed by atoms with Crippen molar-refractivity contribution in [3.05, 3.63) is 187 Å². The molecule has 1 aliphatic carbocycles. The van der Waals surface area contributed by atoms with Gasteiger partial charge in [0, 0.05) is 81.2 Å². The van der Waals surface area contributed by atoms with Gasteiger partial charge in [-0.1, -0.05) is 163 Å². The molecule has 1 aliphatic heterocycles. The second-order valence-corrected chi connectivity index (χ2v) is 24.6. The maximum atomic E-state index is 7.16. The summed E-state index contributed by atoms with van der Waals surface area (Å²) in [6, 6.07) is 62.8. The highest BCUT2D eigenvalue weighted by Crippen LogP contribution is 2.54. The van der Waals surface area contributed by atoms with E-state index >= 15 is 0 Å². The number of hydrogen-bond acceptors (Lipinski definition) is 4. The first kappa shape index (κ1) is 43.8. The Bertz CT molecular complexity index is 4500. The van der Waals surface area contributed by atoms with Crippen molar-refractivity contribution < 1.29 is 8.83 Å². The van der Waals surface area contributed by atoms with E-state index in [-0.39, 0.29) is 16.2 Å². The largest absolute Gasteiger partial charge is 0.456 e. The number of fused-ring (bicyclic) bond motifs is 14. The van der Waals surface area contributed by atoms with Gasteiger partial charge in [-0.25, -0.2) is 0 Å². The van der Waals surface area contributed by atoms with Gasteiger partial charge < -0.3 is 18.7 Å². The fourth-order valence-electron chi connectivity index (χ4n) is 13.0. The van der Waals surface area contributed by atoms with Crippen LogP contribution in [0.4, 0.5) is 11.4 Å². The molecule has 5 heterocycles. The normalized spacial score (nSPS) is 14.9. The van der Waals surface area contributed by atoms with Crippen molar-refractivity contribution in [1.29, 1.82) is 0 Å². The molecule has 2 aliphatic rings. The Balaban J connectivity index is 1.11. The van der Waals surface area contributed by atoms with E-state index in [0.29, 0.717) is 0 Å². The molecule has 15 rings (SSSR count). The van der Waals surface area contributed by atoms with Gasteiger partial charge in [-0.2, -0.15) is 0 Å². The van der Waals surface area contributed by atoms with Crippen molar-refractivity contribution in [3.63, 3.8) is 0 Å². The van der Waals surface area contributed by atoms with Gasteiger partial charge in [0.1, 0.15) is 22.5 Å². The van der Waals surface area contributed by atoms with Crippen molar-refractivity contribution in [2.75, 3.05) is 5.32 Å². The topological polar surface area (TPSA) is 43.2 Å². The molecule has 1 N–H and O–H groups in total. The van der Waals surface area contributed by atoms with Gasteiger partial charge in [0.15, 0.2) is 7.28 Å². The second-order valence-electron chi connectivity index (χ2n) is 23.5. The number of para-hydroxylation sites is 1. The third-order valence-corrected chi connectivity index (χ3v) is 18.2. The number of hydrogen-bond donors (Lipinski definition) is 1. The van der Waals surface area contributed by atoms with Crippen LogP contribution in [0.25, 0.3) is 114 Å². The summed E-state index contributed by atoms with van der Waals surface area (Å²) in [6.45, 7) is 16.7. The number of furan rings is 2. The van der Waals surface area contributed by atoms with Crippen molar-refractivity contribution >= 4 is 116 Å². The summed E-state index contributed by atoms with van der Waals surface area (Å²) in [4.78, 5) is 0. The molecule has 0 radical (unpaired) electrons. The molecule has 4 aromatic heterocycles. The standard InChI is InChI=1S/C68H55BN2O2S/c1-66(2,3)40-26-28-41(29-27-40)70-51-37-56-44(42-22-14-16-24-54(42)72-56)32-45(51)59-60-43-23-15-17-25-57(43)74-65(60)61-46-33-48-49(68(6,7)31-30-67(48,4)5)35-52(46)71-53-34-47-55(36-50(53)69-62(59)63(61)71)73-64(39-20-12-9-13-21-39)58(47)38-18-10-8-11-19-38/h8-29,32-37,69-70H,30-31H2,1-7H3. The Morgan fingerprint density at radius 1 is 0.568 bits per heavy atom. The molecule has 4 nitrogen and oxygen atoms in total. The first-order valence-corrected chi connectivity index (χ1v) is 27.1. The predicted octanol–water partition coefficient (Wildman–Crippen LogP) is 17.9.